The monoisotopic (exact) mass is 268 g/mol. The highest BCUT2D eigenvalue weighted by atomic mass is 16.2. The van der Waals surface area contributed by atoms with Gasteiger partial charge in [-0.3, -0.25) is 4.79 Å². The predicted molar refractivity (Wildman–Crippen MR) is 80.8 cm³/mol. The average molecular weight is 268 g/mol. The number of amides is 1. The number of carbonyl (C=O) groups is 1. The van der Waals surface area contributed by atoms with Gasteiger partial charge in [-0.15, -0.1) is 0 Å². The van der Waals surface area contributed by atoms with Gasteiger partial charge in [-0.1, -0.05) is 34.6 Å². The largest absolute Gasteiger partial charge is 0.339 e. The maximum atomic E-state index is 12.7. The van der Waals surface area contributed by atoms with Crippen LogP contribution in [0.1, 0.15) is 60.3 Å². The number of rotatable bonds is 7. The summed E-state index contributed by atoms with van der Waals surface area (Å²) in [5, 5.41) is 0. The fourth-order valence-electron chi connectivity index (χ4n) is 2.50. The van der Waals surface area contributed by atoms with E-state index in [4.69, 9.17) is 5.73 Å². The Morgan fingerprint density at radius 3 is 2.26 bits per heavy atom. The van der Waals surface area contributed by atoms with Crippen LogP contribution in [0.3, 0.4) is 0 Å². The fourth-order valence-corrected chi connectivity index (χ4v) is 2.50. The molecule has 1 fully saturated rings. The van der Waals surface area contributed by atoms with Crippen LogP contribution in [0.2, 0.25) is 0 Å². The van der Waals surface area contributed by atoms with E-state index in [1.165, 1.54) is 12.8 Å². The third-order valence-electron chi connectivity index (χ3n) is 3.71. The summed E-state index contributed by atoms with van der Waals surface area (Å²) in [5.74, 6) is 0.932. The Labute approximate surface area is 118 Å². The van der Waals surface area contributed by atoms with Crippen LogP contribution < -0.4 is 5.73 Å². The topological polar surface area (TPSA) is 46.3 Å². The Balaban J connectivity index is 2.63. The first kappa shape index (κ1) is 16.5. The van der Waals surface area contributed by atoms with Gasteiger partial charge >= 0.3 is 0 Å². The first-order valence-electron chi connectivity index (χ1n) is 7.75. The first-order valence-corrected chi connectivity index (χ1v) is 7.75. The number of nitrogens with two attached hydrogens (primary N) is 1. The minimum absolute atomic E-state index is 0.00670. The summed E-state index contributed by atoms with van der Waals surface area (Å²) in [6, 6.07) is 0.500. The molecule has 0 spiro atoms. The van der Waals surface area contributed by atoms with Crippen molar-refractivity contribution in [3.05, 3.63) is 0 Å². The molecule has 1 rings (SSSR count). The van der Waals surface area contributed by atoms with Gasteiger partial charge in [-0.2, -0.15) is 0 Å². The zero-order valence-corrected chi connectivity index (χ0v) is 13.4. The molecule has 3 nitrogen and oxygen atoms in total. The lowest BCUT2D eigenvalue weighted by Crippen LogP contribution is -2.42. The van der Waals surface area contributed by atoms with E-state index in [2.05, 4.69) is 39.5 Å². The smallest absolute Gasteiger partial charge is 0.227 e. The molecule has 0 bridgehead atoms. The summed E-state index contributed by atoms with van der Waals surface area (Å²) in [5.41, 5.74) is 6.01. The van der Waals surface area contributed by atoms with Crippen LogP contribution in [0.25, 0.3) is 0 Å². The molecular formula is C16H32N2O. The molecule has 1 saturated carbocycles. The normalized spacial score (nSPS) is 17.6. The van der Waals surface area contributed by atoms with Gasteiger partial charge in [0.2, 0.25) is 5.91 Å². The van der Waals surface area contributed by atoms with Crippen LogP contribution in [-0.2, 0) is 4.79 Å². The summed E-state index contributed by atoms with van der Waals surface area (Å²) in [4.78, 5) is 14.8. The van der Waals surface area contributed by atoms with Crippen molar-refractivity contribution in [1.82, 2.24) is 4.90 Å². The standard InChI is InChI=1S/C16H32N2O/c1-12(2)8-9-18(14-6-7-14)15(19)13(11-17)10-16(3,4)5/h12-14H,6-11,17H2,1-5H3. The molecular weight excluding hydrogens is 236 g/mol. The van der Waals surface area contributed by atoms with E-state index in [0.29, 0.717) is 24.4 Å². The Kier molecular flexibility index (Phi) is 5.84. The van der Waals surface area contributed by atoms with Crippen molar-refractivity contribution in [2.75, 3.05) is 13.1 Å². The van der Waals surface area contributed by atoms with E-state index in [1.807, 2.05) is 0 Å². The van der Waals surface area contributed by atoms with E-state index >= 15 is 0 Å². The van der Waals surface area contributed by atoms with Crippen molar-refractivity contribution >= 4 is 5.91 Å². The van der Waals surface area contributed by atoms with E-state index in [0.717, 1.165) is 19.4 Å². The zero-order chi connectivity index (χ0) is 14.6. The maximum absolute atomic E-state index is 12.7. The third kappa shape index (κ3) is 5.94. The number of hydrogen-bond donors (Lipinski definition) is 1. The van der Waals surface area contributed by atoms with Gasteiger partial charge in [-0.05, 0) is 37.0 Å². The maximum Gasteiger partial charge on any atom is 0.227 e. The Hall–Kier alpha value is -0.570. The van der Waals surface area contributed by atoms with Gasteiger partial charge in [0.15, 0.2) is 0 Å². The highest BCUT2D eigenvalue weighted by molar-refractivity contribution is 5.79. The Bertz CT molecular complexity index is 290. The van der Waals surface area contributed by atoms with Crippen LogP contribution >= 0.6 is 0 Å². The zero-order valence-electron chi connectivity index (χ0n) is 13.4. The van der Waals surface area contributed by atoms with Gasteiger partial charge in [-0.25, -0.2) is 0 Å². The van der Waals surface area contributed by atoms with E-state index in [9.17, 15) is 4.79 Å². The van der Waals surface area contributed by atoms with Gasteiger partial charge in [0, 0.05) is 19.1 Å². The second-order valence-electron chi connectivity index (χ2n) is 7.64. The van der Waals surface area contributed by atoms with Crippen LogP contribution in [0.4, 0.5) is 0 Å². The summed E-state index contributed by atoms with van der Waals surface area (Å²) in [7, 11) is 0. The summed E-state index contributed by atoms with van der Waals surface area (Å²) in [6.45, 7) is 12.3. The van der Waals surface area contributed by atoms with Crippen molar-refractivity contribution in [1.29, 1.82) is 0 Å². The van der Waals surface area contributed by atoms with Gasteiger partial charge in [0.1, 0.15) is 0 Å². The van der Waals surface area contributed by atoms with Crippen LogP contribution in [0, 0.1) is 17.3 Å². The molecule has 1 amide bonds. The lowest BCUT2D eigenvalue weighted by molar-refractivity contribution is -0.137. The lowest BCUT2D eigenvalue weighted by Gasteiger charge is -2.31. The number of nitrogens with zero attached hydrogens (tertiary/aromatic N) is 1. The molecule has 0 aromatic rings. The molecule has 19 heavy (non-hydrogen) atoms. The van der Waals surface area contributed by atoms with E-state index < -0.39 is 0 Å². The molecule has 0 aromatic carbocycles. The second kappa shape index (κ2) is 6.74. The van der Waals surface area contributed by atoms with Gasteiger partial charge in [0.05, 0.1) is 5.92 Å². The van der Waals surface area contributed by atoms with Crippen LogP contribution in [0.5, 0.6) is 0 Å². The van der Waals surface area contributed by atoms with Crippen molar-refractivity contribution in [3.63, 3.8) is 0 Å². The van der Waals surface area contributed by atoms with E-state index in [-0.39, 0.29) is 11.3 Å². The molecule has 0 aromatic heterocycles. The fraction of sp³-hybridized carbons (Fsp3) is 0.938. The summed E-state index contributed by atoms with van der Waals surface area (Å²) >= 11 is 0. The molecule has 2 N–H and O–H groups in total. The Morgan fingerprint density at radius 1 is 1.32 bits per heavy atom. The molecule has 1 unspecified atom stereocenters. The number of hydrogen-bond acceptors (Lipinski definition) is 2. The molecule has 1 aliphatic rings. The van der Waals surface area contributed by atoms with Crippen molar-refractivity contribution in [2.45, 2.75) is 66.3 Å². The SMILES string of the molecule is CC(C)CCN(C(=O)C(CN)CC(C)(C)C)C1CC1. The molecule has 0 radical (unpaired) electrons. The molecule has 1 atom stereocenters. The van der Waals surface area contributed by atoms with Crippen LogP contribution in [0.15, 0.2) is 0 Å². The van der Waals surface area contributed by atoms with Gasteiger partial charge in [0.25, 0.3) is 0 Å². The van der Waals surface area contributed by atoms with Crippen molar-refractivity contribution < 1.29 is 4.79 Å². The highest BCUT2D eigenvalue weighted by Gasteiger charge is 2.36. The summed E-state index contributed by atoms with van der Waals surface area (Å²) < 4.78 is 0. The predicted octanol–water partition coefficient (Wildman–Crippen LogP) is 3.03. The molecule has 0 heterocycles. The lowest BCUT2D eigenvalue weighted by atomic mass is 9.84. The average Bonchev–Trinajstić information content (AvgIpc) is 3.08. The molecule has 0 aliphatic heterocycles. The minimum Gasteiger partial charge on any atom is -0.339 e. The highest BCUT2D eigenvalue weighted by Crippen LogP contribution is 2.31. The molecule has 1 aliphatic carbocycles. The van der Waals surface area contributed by atoms with Crippen molar-refractivity contribution in [3.8, 4) is 0 Å². The van der Waals surface area contributed by atoms with Crippen LogP contribution in [-0.4, -0.2) is 29.9 Å². The summed E-state index contributed by atoms with van der Waals surface area (Å²) in [6.07, 6.45) is 4.33. The molecule has 112 valence electrons. The quantitative estimate of drug-likeness (QED) is 0.771. The van der Waals surface area contributed by atoms with Gasteiger partial charge < -0.3 is 10.6 Å². The third-order valence-corrected chi connectivity index (χ3v) is 3.71. The molecule has 3 heteroatoms. The Morgan fingerprint density at radius 2 is 1.89 bits per heavy atom. The minimum atomic E-state index is -0.00670. The second-order valence-corrected chi connectivity index (χ2v) is 7.64. The first-order chi connectivity index (χ1) is 8.74. The number of carbonyl (C=O) groups excluding carboxylic acids is 1. The molecule has 0 saturated heterocycles. The van der Waals surface area contributed by atoms with Crippen molar-refractivity contribution in [2.24, 2.45) is 23.0 Å². The van der Waals surface area contributed by atoms with E-state index in [1.54, 1.807) is 0 Å².